The van der Waals surface area contributed by atoms with Gasteiger partial charge in [0.2, 0.25) is 5.91 Å². The van der Waals surface area contributed by atoms with E-state index in [-0.39, 0.29) is 11.8 Å². The summed E-state index contributed by atoms with van der Waals surface area (Å²) < 4.78 is 0. The molecule has 3 rings (SSSR count). The van der Waals surface area contributed by atoms with Crippen molar-refractivity contribution in [3.63, 3.8) is 0 Å². The van der Waals surface area contributed by atoms with Crippen molar-refractivity contribution in [1.29, 1.82) is 0 Å². The van der Waals surface area contributed by atoms with Crippen LogP contribution >= 0.6 is 23.2 Å². The van der Waals surface area contributed by atoms with Gasteiger partial charge in [-0.1, -0.05) is 23.2 Å². The molecule has 0 bridgehead atoms. The van der Waals surface area contributed by atoms with Crippen molar-refractivity contribution in [2.75, 3.05) is 39.3 Å². The van der Waals surface area contributed by atoms with Crippen molar-refractivity contribution in [1.82, 2.24) is 14.7 Å². The lowest BCUT2D eigenvalue weighted by Crippen LogP contribution is -2.51. The van der Waals surface area contributed by atoms with Gasteiger partial charge >= 0.3 is 0 Å². The largest absolute Gasteiger partial charge is 0.342 e. The highest BCUT2D eigenvalue weighted by Gasteiger charge is 2.34. The Morgan fingerprint density at radius 2 is 1.38 bits per heavy atom. The van der Waals surface area contributed by atoms with Gasteiger partial charge in [-0.05, 0) is 51.6 Å². The maximum Gasteiger partial charge on any atom is 0.255 e. The van der Waals surface area contributed by atoms with E-state index in [0.29, 0.717) is 11.9 Å². The minimum Gasteiger partial charge on any atom is -0.342 e. The van der Waals surface area contributed by atoms with Gasteiger partial charge in [0.15, 0.2) is 4.84 Å². The molecular formula is C17H27Cl2N3O2. The first kappa shape index (κ1) is 18.3. The molecule has 0 saturated carbocycles. The lowest BCUT2D eigenvalue weighted by Gasteiger charge is -2.42. The summed E-state index contributed by atoms with van der Waals surface area (Å²) in [7, 11) is 0. The van der Waals surface area contributed by atoms with Crippen LogP contribution in [0.2, 0.25) is 0 Å². The van der Waals surface area contributed by atoms with E-state index < -0.39 is 4.84 Å². The number of hydrogen-bond donors (Lipinski definition) is 0. The molecule has 3 aliphatic rings. The Bertz CT molecular complexity index is 453. The molecule has 0 N–H and O–H groups in total. The van der Waals surface area contributed by atoms with E-state index >= 15 is 0 Å². The lowest BCUT2D eigenvalue weighted by molar-refractivity contribution is -0.136. The van der Waals surface area contributed by atoms with Gasteiger partial charge in [0, 0.05) is 38.1 Å². The lowest BCUT2D eigenvalue weighted by atomic mass is 9.92. The zero-order valence-electron chi connectivity index (χ0n) is 14.1. The van der Waals surface area contributed by atoms with Crippen molar-refractivity contribution < 1.29 is 9.59 Å². The smallest absolute Gasteiger partial charge is 0.255 e. The minimum absolute atomic E-state index is 0.174. The summed E-state index contributed by atoms with van der Waals surface area (Å²) in [6.45, 7) is 5.35. The predicted octanol–water partition coefficient (Wildman–Crippen LogP) is 2.12. The zero-order valence-corrected chi connectivity index (χ0v) is 15.6. The van der Waals surface area contributed by atoms with Crippen molar-refractivity contribution >= 4 is 35.0 Å². The average molecular weight is 376 g/mol. The Labute approximate surface area is 154 Å². The molecule has 3 saturated heterocycles. The van der Waals surface area contributed by atoms with E-state index in [1.165, 1.54) is 0 Å². The Hall–Kier alpha value is -0.520. The molecule has 3 heterocycles. The Morgan fingerprint density at radius 3 is 1.92 bits per heavy atom. The summed E-state index contributed by atoms with van der Waals surface area (Å²) in [6.07, 6.45) is 6.20. The molecule has 0 aromatic carbocycles. The highest BCUT2D eigenvalue weighted by Crippen LogP contribution is 2.26. The molecule has 0 radical (unpaired) electrons. The number of nitrogens with zero attached hydrogens (tertiary/aromatic N) is 3. The molecule has 0 aromatic heterocycles. The summed E-state index contributed by atoms with van der Waals surface area (Å²) in [5.41, 5.74) is 0. The number of likely N-dealkylation sites (tertiary alicyclic amines) is 3. The topological polar surface area (TPSA) is 43.9 Å². The first-order valence-corrected chi connectivity index (χ1v) is 10.0. The van der Waals surface area contributed by atoms with Gasteiger partial charge in [0.1, 0.15) is 0 Å². The normalized spacial score (nSPS) is 24.8. The molecule has 0 aliphatic carbocycles. The van der Waals surface area contributed by atoms with Crippen LogP contribution in [0.25, 0.3) is 0 Å². The number of rotatable bonds is 3. The van der Waals surface area contributed by atoms with Crippen molar-refractivity contribution in [2.24, 2.45) is 5.92 Å². The molecule has 136 valence electrons. The molecule has 24 heavy (non-hydrogen) atoms. The molecule has 5 nitrogen and oxygen atoms in total. The molecule has 3 aliphatic heterocycles. The van der Waals surface area contributed by atoms with Crippen molar-refractivity contribution in [2.45, 2.75) is 49.4 Å². The Kier molecular flexibility index (Phi) is 6.27. The van der Waals surface area contributed by atoms with Crippen LogP contribution in [0.3, 0.4) is 0 Å². The van der Waals surface area contributed by atoms with Crippen LogP contribution in [0.1, 0.15) is 38.5 Å². The summed E-state index contributed by atoms with van der Waals surface area (Å²) >= 11 is 11.3. The first-order valence-electron chi connectivity index (χ1n) is 9.16. The maximum atomic E-state index is 12.5. The van der Waals surface area contributed by atoms with Gasteiger partial charge < -0.3 is 14.7 Å². The van der Waals surface area contributed by atoms with Gasteiger partial charge in [0.25, 0.3) is 5.91 Å². The number of carbonyl (C=O) groups excluding carboxylic acids is 2. The summed E-state index contributed by atoms with van der Waals surface area (Å²) in [4.78, 5) is 29.7. The monoisotopic (exact) mass is 375 g/mol. The third-order valence-corrected chi connectivity index (χ3v) is 6.15. The third kappa shape index (κ3) is 4.17. The zero-order chi connectivity index (χ0) is 17.1. The van der Waals surface area contributed by atoms with Crippen LogP contribution in [0.4, 0.5) is 0 Å². The minimum atomic E-state index is -0.950. The van der Waals surface area contributed by atoms with Crippen LogP contribution in [-0.2, 0) is 9.59 Å². The van der Waals surface area contributed by atoms with Gasteiger partial charge in [-0.25, -0.2) is 0 Å². The number of piperidine rings is 2. The molecule has 2 amide bonds. The van der Waals surface area contributed by atoms with Crippen LogP contribution in [0.5, 0.6) is 0 Å². The fourth-order valence-corrected chi connectivity index (χ4v) is 4.57. The second-order valence-corrected chi connectivity index (χ2v) is 8.30. The van der Waals surface area contributed by atoms with Crippen molar-refractivity contribution in [3.8, 4) is 0 Å². The Balaban J connectivity index is 1.42. The quantitative estimate of drug-likeness (QED) is 0.709. The van der Waals surface area contributed by atoms with Crippen LogP contribution in [-0.4, -0.2) is 76.7 Å². The molecule has 7 heteroatoms. The van der Waals surface area contributed by atoms with E-state index in [1.807, 2.05) is 0 Å². The summed E-state index contributed by atoms with van der Waals surface area (Å²) in [5.74, 6) is 0.420. The standard InChI is InChI=1S/C17H27Cl2N3O2/c18-15(19)17(24)22-11-5-14(6-12-22)20-9-3-13(4-10-20)16(23)21-7-1-2-8-21/h13-15H,1-12H2. The van der Waals surface area contributed by atoms with Crippen LogP contribution in [0.15, 0.2) is 0 Å². The van der Waals surface area contributed by atoms with E-state index in [4.69, 9.17) is 23.2 Å². The highest BCUT2D eigenvalue weighted by molar-refractivity contribution is 6.53. The number of halogens is 2. The molecule has 0 spiro atoms. The highest BCUT2D eigenvalue weighted by atomic mass is 35.5. The van der Waals surface area contributed by atoms with Gasteiger partial charge in [0.05, 0.1) is 0 Å². The van der Waals surface area contributed by atoms with Gasteiger partial charge in [-0.3, -0.25) is 9.59 Å². The molecular weight excluding hydrogens is 349 g/mol. The second kappa shape index (κ2) is 8.24. The number of alkyl halides is 2. The maximum absolute atomic E-state index is 12.5. The third-order valence-electron chi connectivity index (χ3n) is 5.78. The summed E-state index contributed by atoms with van der Waals surface area (Å²) in [6, 6.07) is 0.515. The molecule has 0 aromatic rings. The van der Waals surface area contributed by atoms with Gasteiger partial charge in [-0.15, -0.1) is 0 Å². The fourth-order valence-electron chi connectivity index (χ4n) is 4.30. The van der Waals surface area contributed by atoms with Crippen LogP contribution in [0, 0.1) is 5.92 Å². The molecule has 0 atom stereocenters. The second-order valence-electron chi connectivity index (χ2n) is 7.20. The average Bonchev–Trinajstić information content (AvgIpc) is 3.15. The van der Waals surface area contributed by atoms with E-state index in [2.05, 4.69) is 9.80 Å². The van der Waals surface area contributed by atoms with E-state index in [9.17, 15) is 9.59 Å². The summed E-state index contributed by atoms with van der Waals surface area (Å²) in [5, 5.41) is 0. The molecule has 3 fully saturated rings. The number of amides is 2. The van der Waals surface area contributed by atoms with Crippen LogP contribution < -0.4 is 0 Å². The fraction of sp³-hybridized carbons (Fsp3) is 0.882. The Morgan fingerprint density at radius 1 is 0.792 bits per heavy atom. The van der Waals surface area contributed by atoms with Crippen molar-refractivity contribution in [3.05, 3.63) is 0 Å². The van der Waals surface area contributed by atoms with E-state index in [0.717, 1.165) is 77.8 Å². The van der Waals surface area contributed by atoms with Gasteiger partial charge in [-0.2, -0.15) is 0 Å². The predicted molar refractivity (Wildman–Crippen MR) is 95.2 cm³/mol. The SMILES string of the molecule is O=C(C(Cl)Cl)N1CCC(N2CCC(C(=O)N3CCCC3)CC2)CC1. The van der Waals surface area contributed by atoms with E-state index in [1.54, 1.807) is 4.90 Å². The first-order chi connectivity index (χ1) is 11.6. The molecule has 0 unspecified atom stereocenters. The number of hydrogen-bond acceptors (Lipinski definition) is 3. The number of carbonyl (C=O) groups is 2.